The number of carbonyl (C=O) groups excluding carboxylic acids is 9. The van der Waals surface area contributed by atoms with Crippen LogP contribution in [0.5, 0.6) is 0 Å². The number of hydrogen-bond acceptors (Lipinski definition) is 15. The number of benzene rings is 2. The van der Waals surface area contributed by atoms with Crippen LogP contribution in [0.15, 0.2) is 47.3 Å². The Morgan fingerprint density at radius 3 is 2.32 bits per heavy atom. The molecule has 4 aromatic rings. The number of thiol groups is 1. The number of halogens is 1. The van der Waals surface area contributed by atoms with Crippen molar-refractivity contribution in [2.45, 2.75) is 134 Å². The molecule has 2 aromatic carbocycles. The third-order valence-corrected chi connectivity index (χ3v) is 16.9. The second-order valence-electron chi connectivity index (χ2n) is 20.9. The minimum absolute atomic E-state index is 0.0343. The molecule has 4 aliphatic rings. The number of aryl methyl sites for hydroxylation is 1. The third-order valence-electron chi connectivity index (χ3n) is 16.0. The summed E-state index contributed by atoms with van der Waals surface area (Å²) in [6.45, 7) is 4.78. The quantitative estimate of drug-likeness (QED) is 0.0137. The van der Waals surface area contributed by atoms with Crippen molar-refractivity contribution in [1.29, 1.82) is 0 Å². The van der Waals surface area contributed by atoms with Crippen LogP contribution in [0.2, 0.25) is 0 Å². The molecule has 2 aromatic heterocycles. The number of nitrogens with one attached hydrogen (secondary N) is 6. The van der Waals surface area contributed by atoms with Crippen molar-refractivity contribution in [2.75, 3.05) is 39.5 Å². The molecular formula is C57H68FN9O13S. The monoisotopic (exact) mass is 1140 g/mol. The standard InChI is InChI=1S/C57H68FN9O13S/c1-5-56(81,6-2)37-22-48(73)66(54(37)76)19-13-9-12-16-43(68)59-24-44(69)60-26-46(71)64-41(20-32-14-10-8-11-15-32)52(74)61-25-45(70)62-30-79-29-47(72)63-39-18-17-33-31(4)38(58)23-40-49(33)50(39)34-27-67-42(51(34)65-40)21-36-35(53(67)75)28-80-55(77)57(36,78)7-3/h8,10-11,14-15,21,23,37,39,41,78,81H,5-7,9,12-13,16-20,22,24-30H2,1-4H3,(H,59,68)(H,60,69)(H,61,74)(H,62,70)(H,63,72)(H,64,71)/t37?,39-,41-,57-/m0/s1. The Balaban J connectivity index is 0.779. The zero-order valence-electron chi connectivity index (χ0n) is 45.7. The summed E-state index contributed by atoms with van der Waals surface area (Å²) in [7, 11) is 0. The molecule has 24 heteroatoms. The highest BCUT2D eigenvalue weighted by Crippen LogP contribution is 2.46. The highest BCUT2D eigenvalue weighted by molar-refractivity contribution is 7.81. The number of ether oxygens (including phenoxy) is 2. The third kappa shape index (κ3) is 12.8. The lowest BCUT2D eigenvalue weighted by molar-refractivity contribution is -0.172. The molecule has 0 bridgehead atoms. The van der Waals surface area contributed by atoms with Crippen LogP contribution in [0.3, 0.4) is 0 Å². The molecule has 7 N–H and O–H groups in total. The van der Waals surface area contributed by atoms with E-state index in [1.54, 1.807) is 50.2 Å². The average molecular weight is 1140 g/mol. The van der Waals surface area contributed by atoms with Gasteiger partial charge in [-0.15, -0.1) is 0 Å². The molecule has 1 fully saturated rings. The molecule has 1 saturated heterocycles. The van der Waals surface area contributed by atoms with Crippen molar-refractivity contribution in [3.05, 3.63) is 97.6 Å². The van der Waals surface area contributed by atoms with Crippen molar-refractivity contribution in [3.63, 3.8) is 0 Å². The van der Waals surface area contributed by atoms with Gasteiger partial charge in [0.15, 0.2) is 5.60 Å². The number of aliphatic hydroxyl groups is 1. The lowest BCUT2D eigenvalue weighted by Crippen LogP contribution is -2.52. The van der Waals surface area contributed by atoms with Gasteiger partial charge in [-0.25, -0.2) is 14.2 Å². The Morgan fingerprint density at radius 2 is 1.59 bits per heavy atom. The van der Waals surface area contributed by atoms with Crippen molar-refractivity contribution in [1.82, 2.24) is 46.4 Å². The fourth-order valence-electron chi connectivity index (χ4n) is 11.2. The summed E-state index contributed by atoms with van der Waals surface area (Å²) in [6.07, 6.45) is 3.86. The van der Waals surface area contributed by atoms with Gasteiger partial charge in [-0.3, -0.25) is 48.1 Å². The Kier molecular flexibility index (Phi) is 18.7. The highest BCUT2D eigenvalue weighted by Gasteiger charge is 2.48. The summed E-state index contributed by atoms with van der Waals surface area (Å²) in [6, 6.07) is 9.84. The molecule has 8 rings (SSSR count). The highest BCUT2D eigenvalue weighted by atomic mass is 32.1. The molecule has 0 spiro atoms. The van der Waals surface area contributed by atoms with E-state index in [1.165, 1.54) is 15.5 Å². The second-order valence-corrected chi connectivity index (χ2v) is 21.8. The molecule has 81 heavy (non-hydrogen) atoms. The van der Waals surface area contributed by atoms with E-state index in [4.69, 9.17) is 27.1 Å². The molecule has 5 heterocycles. The van der Waals surface area contributed by atoms with Gasteiger partial charge in [0.2, 0.25) is 47.3 Å². The first kappa shape index (κ1) is 59.5. The molecule has 0 saturated carbocycles. The summed E-state index contributed by atoms with van der Waals surface area (Å²) in [5.41, 5.74) is 1.83. The maximum absolute atomic E-state index is 15.4. The first-order valence-corrected chi connectivity index (χ1v) is 27.8. The number of fused-ring (bicyclic) bond motifs is 5. The number of aromatic nitrogens is 2. The van der Waals surface area contributed by atoms with E-state index in [1.807, 2.05) is 13.8 Å². The second kappa shape index (κ2) is 25.5. The number of pyridine rings is 2. The molecule has 432 valence electrons. The summed E-state index contributed by atoms with van der Waals surface area (Å²) in [5.74, 6) is -5.92. The number of rotatable bonds is 25. The zero-order chi connectivity index (χ0) is 58.3. The van der Waals surface area contributed by atoms with Crippen molar-refractivity contribution in [2.24, 2.45) is 5.92 Å². The van der Waals surface area contributed by atoms with Gasteiger partial charge in [0.25, 0.3) is 5.56 Å². The normalized spacial score (nSPS) is 18.3. The number of nitrogens with zero attached hydrogens (tertiary/aromatic N) is 3. The van der Waals surface area contributed by atoms with Crippen LogP contribution in [-0.2, 0) is 84.2 Å². The van der Waals surface area contributed by atoms with Gasteiger partial charge in [-0.2, -0.15) is 12.6 Å². The molecular weight excluding hydrogens is 1070 g/mol. The molecule has 1 aliphatic carbocycles. The van der Waals surface area contributed by atoms with Crippen molar-refractivity contribution < 1.29 is 62.1 Å². The summed E-state index contributed by atoms with van der Waals surface area (Å²) < 4.78 is 27.0. The number of carbonyl (C=O) groups is 9. The maximum Gasteiger partial charge on any atom is 0.343 e. The van der Waals surface area contributed by atoms with E-state index >= 15 is 4.39 Å². The predicted molar refractivity (Wildman–Crippen MR) is 294 cm³/mol. The predicted octanol–water partition coefficient (Wildman–Crippen LogP) is 2.22. The zero-order valence-corrected chi connectivity index (χ0v) is 46.6. The number of likely N-dealkylation sites (tertiary alicyclic amines) is 1. The molecule has 1 unspecified atom stereocenters. The van der Waals surface area contributed by atoms with E-state index in [-0.39, 0.29) is 68.3 Å². The number of esters is 1. The van der Waals surface area contributed by atoms with Crippen LogP contribution >= 0.6 is 12.6 Å². The van der Waals surface area contributed by atoms with Crippen molar-refractivity contribution in [3.8, 4) is 11.4 Å². The van der Waals surface area contributed by atoms with E-state index in [9.17, 15) is 53.1 Å². The maximum atomic E-state index is 15.4. The number of imide groups is 1. The first-order chi connectivity index (χ1) is 38.7. The van der Waals surface area contributed by atoms with Gasteiger partial charge in [-0.1, -0.05) is 57.5 Å². The number of amides is 8. The molecule has 4 atom stereocenters. The number of cyclic esters (lactones) is 1. The minimum atomic E-state index is -2.05. The van der Waals surface area contributed by atoms with Gasteiger partial charge < -0.3 is 51.0 Å². The SMILES string of the molecule is CCC(S)(CC)C1CC(=O)N(CCCCCC(=O)NCC(=O)NCC(=O)N[C@@H](Cc2ccccc2)C(=O)NCC(=O)NCOCC(=O)N[C@H]2CCc3c(C)c(F)cc4nc5c(c2c34)Cn2c-5cc3c(c2=O)COC(=O)[C@]3(O)CC)C1=O. The summed E-state index contributed by atoms with van der Waals surface area (Å²) in [5, 5.41) is 27.5. The van der Waals surface area contributed by atoms with Crippen LogP contribution in [0, 0.1) is 18.7 Å². The average Bonchev–Trinajstić information content (AvgIpc) is 4.24. The minimum Gasteiger partial charge on any atom is -0.458 e. The van der Waals surface area contributed by atoms with Gasteiger partial charge >= 0.3 is 5.97 Å². The smallest absolute Gasteiger partial charge is 0.343 e. The molecule has 8 amide bonds. The molecule has 22 nitrogen and oxygen atoms in total. The van der Waals surface area contributed by atoms with Gasteiger partial charge in [0, 0.05) is 53.1 Å². The van der Waals surface area contributed by atoms with E-state index in [2.05, 4.69) is 31.9 Å². The van der Waals surface area contributed by atoms with E-state index in [0.29, 0.717) is 89.5 Å². The van der Waals surface area contributed by atoms with Crippen LogP contribution in [-0.4, -0.2) is 123 Å². The van der Waals surface area contributed by atoms with Crippen LogP contribution in [0.25, 0.3) is 22.3 Å². The summed E-state index contributed by atoms with van der Waals surface area (Å²) >= 11 is 4.72. The topological polar surface area (TPSA) is 303 Å². The lowest BCUT2D eigenvalue weighted by Gasteiger charge is -2.31. The Morgan fingerprint density at radius 1 is 0.889 bits per heavy atom. The van der Waals surface area contributed by atoms with Crippen molar-refractivity contribution >= 4 is 76.8 Å². The Labute approximate surface area is 471 Å². The molecule has 0 radical (unpaired) electrons. The van der Waals surface area contributed by atoms with Gasteiger partial charge in [0.1, 0.15) is 31.8 Å². The fraction of sp³-hybridized carbons (Fsp3) is 0.491. The number of hydrogen-bond donors (Lipinski definition) is 8. The molecule has 3 aliphatic heterocycles. The first-order valence-electron chi connectivity index (χ1n) is 27.4. The summed E-state index contributed by atoms with van der Waals surface area (Å²) in [4.78, 5) is 136. The Bertz CT molecular complexity index is 3240. The van der Waals surface area contributed by atoms with Crippen LogP contribution < -0.4 is 37.5 Å². The lowest BCUT2D eigenvalue weighted by atomic mass is 9.81. The Hall–Kier alpha value is -7.57. The van der Waals surface area contributed by atoms with E-state index in [0.717, 1.165) is 5.56 Å². The fourth-order valence-corrected chi connectivity index (χ4v) is 11.4. The van der Waals surface area contributed by atoms with Gasteiger partial charge in [-0.05, 0) is 80.2 Å². The van der Waals surface area contributed by atoms with Gasteiger partial charge in [0.05, 0.1) is 60.6 Å². The van der Waals surface area contributed by atoms with Crippen LogP contribution in [0.1, 0.15) is 124 Å². The van der Waals surface area contributed by atoms with Crippen LogP contribution in [0.4, 0.5) is 4.39 Å². The van der Waals surface area contributed by atoms with E-state index < -0.39 is 114 Å². The largest absolute Gasteiger partial charge is 0.458 e. The number of unbranched alkanes of at least 4 members (excludes halogenated alkanes) is 2.